The van der Waals surface area contributed by atoms with Gasteiger partial charge >= 0.3 is 5.63 Å². The lowest BCUT2D eigenvalue weighted by Gasteiger charge is -2.47. The second kappa shape index (κ2) is 9.50. The summed E-state index contributed by atoms with van der Waals surface area (Å²) in [6.07, 6.45) is 4.55. The molecule has 2 atom stereocenters. The number of piperidine rings is 1. The molecule has 2 fully saturated rings. The van der Waals surface area contributed by atoms with E-state index in [9.17, 15) is 14.7 Å². The SMILES string of the molecule is Cc1ccccc1COc1ccc2c(C)c(CC(=O)N3CC[C@]4(O)CCCC[C@H]4C3)c(=O)oc2c1. The zero-order valence-corrected chi connectivity index (χ0v) is 20.5. The van der Waals surface area contributed by atoms with Crippen LogP contribution in [-0.4, -0.2) is 34.6 Å². The zero-order chi connectivity index (χ0) is 24.6. The van der Waals surface area contributed by atoms with Gasteiger partial charge in [0.25, 0.3) is 0 Å². The van der Waals surface area contributed by atoms with Crippen molar-refractivity contribution < 1.29 is 19.1 Å². The van der Waals surface area contributed by atoms with Gasteiger partial charge in [-0.05, 0) is 61.9 Å². The summed E-state index contributed by atoms with van der Waals surface area (Å²) < 4.78 is 11.6. The molecule has 0 unspecified atom stereocenters. The number of likely N-dealkylation sites (tertiary alicyclic amines) is 1. The normalized spacial score (nSPS) is 22.1. The van der Waals surface area contributed by atoms with Gasteiger partial charge in [-0.1, -0.05) is 37.1 Å². The van der Waals surface area contributed by atoms with Crippen LogP contribution in [0.15, 0.2) is 51.7 Å². The number of rotatable bonds is 5. The van der Waals surface area contributed by atoms with Crippen LogP contribution in [0.2, 0.25) is 0 Å². The molecule has 2 aliphatic rings. The second-order valence-electron chi connectivity index (χ2n) is 10.2. The summed E-state index contributed by atoms with van der Waals surface area (Å²) >= 11 is 0. The molecule has 1 aromatic heterocycles. The third-order valence-electron chi connectivity index (χ3n) is 8.02. The highest BCUT2D eigenvalue weighted by Gasteiger charge is 2.43. The van der Waals surface area contributed by atoms with Crippen LogP contribution in [0.5, 0.6) is 5.75 Å². The topological polar surface area (TPSA) is 80.0 Å². The smallest absolute Gasteiger partial charge is 0.340 e. The predicted octanol–water partition coefficient (Wildman–Crippen LogP) is 4.68. The largest absolute Gasteiger partial charge is 0.489 e. The van der Waals surface area contributed by atoms with Crippen molar-refractivity contribution in [3.63, 3.8) is 0 Å². The summed E-state index contributed by atoms with van der Waals surface area (Å²) in [5.74, 6) is 0.673. The lowest BCUT2D eigenvalue weighted by molar-refractivity contribution is -0.142. The maximum atomic E-state index is 13.1. The van der Waals surface area contributed by atoms with Gasteiger partial charge in [0.1, 0.15) is 17.9 Å². The maximum Gasteiger partial charge on any atom is 0.340 e. The van der Waals surface area contributed by atoms with Crippen LogP contribution >= 0.6 is 0 Å². The Labute approximate surface area is 205 Å². The van der Waals surface area contributed by atoms with Crippen LogP contribution in [0.4, 0.5) is 0 Å². The molecule has 1 saturated heterocycles. The van der Waals surface area contributed by atoms with Crippen molar-refractivity contribution in [2.75, 3.05) is 13.1 Å². The minimum atomic E-state index is -0.633. The van der Waals surface area contributed by atoms with Gasteiger partial charge in [-0.25, -0.2) is 4.79 Å². The van der Waals surface area contributed by atoms with E-state index in [4.69, 9.17) is 9.15 Å². The molecule has 184 valence electrons. The quantitative estimate of drug-likeness (QED) is 0.542. The Balaban J connectivity index is 1.32. The van der Waals surface area contributed by atoms with Gasteiger partial charge in [0.2, 0.25) is 5.91 Å². The number of carbonyl (C=O) groups excluding carboxylic acids is 1. The van der Waals surface area contributed by atoms with Crippen LogP contribution < -0.4 is 10.4 Å². The first-order valence-electron chi connectivity index (χ1n) is 12.6. The number of hydrogen-bond donors (Lipinski definition) is 1. The van der Waals surface area contributed by atoms with Gasteiger partial charge in [-0.2, -0.15) is 0 Å². The van der Waals surface area contributed by atoms with Crippen molar-refractivity contribution in [3.8, 4) is 5.75 Å². The molecule has 5 rings (SSSR count). The fraction of sp³-hybridized carbons (Fsp3) is 0.448. The van der Waals surface area contributed by atoms with E-state index in [1.807, 2.05) is 55.1 Å². The molecule has 6 nitrogen and oxygen atoms in total. The molecule has 3 aromatic rings. The van der Waals surface area contributed by atoms with Crippen LogP contribution in [0.25, 0.3) is 11.0 Å². The Hall–Kier alpha value is -3.12. The van der Waals surface area contributed by atoms with Gasteiger partial charge in [0.15, 0.2) is 0 Å². The average Bonchev–Trinajstić information content (AvgIpc) is 2.85. The molecule has 1 N–H and O–H groups in total. The van der Waals surface area contributed by atoms with E-state index in [2.05, 4.69) is 0 Å². The lowest BCUT2D eigenvalue weighted by atomic mass is 9.71. The standard InChI is InChI=1S/C29H33NO5/c1-19-7-3-4-8-21(19)18-34-23-10-11-24-20(2)25(28(32)35-26(24)15-23)16-27(31)30-14-13-29(33)12-6-5-9-22(29)17-30/h3-4,7-8,10-11,15,22,33H,5-6,9,12-14,16-18H2,1-2H3/t22-,29+/m0/s1. The number of hydrogen-bond acceptors (Lipinski definition) is 5. The molecule has 2 heterocycles. The van der Waals surface area contributed by atoms with Crippen LogP contribution in [-0.2, 0) is 17.8 Å². The summed E-state index contributed by atoms with van der Waals surface area (Å²) in [5.41, 5.74) is 2.77. The number of carbonyl (C=O) groups is 1. The highest BCUT2D eigenvalue weighted by molar-refractivity contribution is 5.85. The van der Waals surface area contributed by atoms with Gasteiger partial charge in [-0.3, -0.25) is 4.79 Å². The summed E-state index contributed by atoms with van der Waals surface area (Å²) in [4.78, 5) is 27.8. The first-order valence-corrected chi connectivity index (χ1v) is 12.6. The van der Waals surface area contributed by atoms with E-state index >= 15 is 0 Å². The minimum absolute atomic E-state index is 0.0147. The highest BCUT2D eigenvalue weighted by Crippen LogP contribution is 2.40. The molecule has 2 aromatic carbocycles. The first kappa shape index (κ1) is 23.6. The summed E-state index contributed by atoms with van der Waals surface area (Å²) in [7, 11) is 0. The number of aliphatic hydroxyl groups is 1. The van der Waals surface area contributed by atoms with Crippen LogP contribution in [0, 0.1) is 19.8 Å². The van der Waals surface area contributed by atoms with E-state index in [1.165, 1.54) is 0 Å². The fourth-order valence-electron chi connectivity index (χ4n) is 5.66. The van der Waals surface area contributed by atoms with Crippen molar-refractivity contribution in [1.29, 1.82) is 0 Å². The second-order valence-corrected chi connectivity index (χ2v) is 10.2. The fourth-order valence-corrected chi connectivity index (χ4v) is 5.66. The van der Waals surface area contributed by atoms with Crippen molar-refractivity contribution in [2.45, 2.75) is 64.6 Å². The predicted molar refractivity (Wildman–Crippen MR) is 135 cm³/mol. The third-order valence-corrected chi connectivity index (χ3v) is 8.02. The average molecular weight is 476 g/mol. The number of aryl methyl sites for hydroxylation is 2. The molecule has 1 amide bonds. The Morgan fingerprint density at radius 2 is 2.00 bits per heavy atom. The maximum absolute atomic E-state index is 13.1. The van der Waals surface area contributed by atoms with E-state index in [-0.39, 0.29) is 18.2 Å². The van der Waals surface area contributed by atoms with Gasteiger partial charge in [0.05, 0.1) is 17.6 Å². The Morgan fingerprint density at radius 1 is 1.17 bits per heavy atom. The molecular formula is C29H33NO5. The number of ether oxygens (including phenoxy) is 1. The molecule has 0 bridgehead atoms. The molecule has 35 heavy (non-hydrogen) atoms. The van der Waals surface area contributed by atoms with Gasteiger partial charge in [0, 0.05) is 30.5 Å². The molecule has 1 saturated carbocycles. The van der Waals surface area contributed by atoms with E-state index in [0.29, 0.717) is 43.0 Å². The van der Waals surface area contributed by atoms with Gasteiger partial charge in [-0.15, -0.1) is 0 Å². The van der Waals surface area contributed by atoms with E-state index in [0.717, 1.165) is 47.8 Å². The summed E-state index contributed by atoms with van der Waals surface area (Å²) in [6, 6.07) is 13.5. The third kappa shape index (κ3) is 4.72. The number of benzene rings is 2. The Kier molecular flexibility index (Phi) is 6.41. The van der Waals surface area contributed by atoms with Crippen LogP contribution in [0.1, 0.15) is 54.4 Å². The van der Waals surface area contributed by atoms with Crippen molar-refractivity contribution >= 4 is 16.9 Å². The molecule has 0 spiro atoms. The summed E-state index contributed by atoms with van der Waals surface area (Å²) in [5, 5.41) is 11.7. The summed E-state index contributed by atoms with van der Waals surface area (Å²) in [6.45, 7) is 5.44. The minimum Gasteiger partial charge on any atom is -0.489 e. The molecule has 0 radical (unpaired) electrons. The Morgan fingerprint density at radius 3 is 2.83 bits per heavy atom. The molecule has 6 heteroatoms. The van der Waals surface area contributed by atoms with E-state index in [1.54, 1.807) is 6.07 Å². The first-order chi connectivity index (χ1) is 16.8. The van der Waals surface area contributed by atoms with Crippen LogP contribution in [0.3, 0.4) is 0 Å². The monoisotopic (exact) mass is 475 g/mol. The number of nitrogens with zero attached hydrogens (tertiary/aromatic N) is 1. The number of amides is 1. The molecular weight excluding hydrogens is 442 g/mol. The zero-order valence-electron chi connectivity index (χ0n) is 20.5. The lowest BCUT2D eigenvalue weighted by Crippen LogP contribution is -2.55. The van der Waals surface area contributed by atoms with Crippen molar-refractivity contribution in [1.82, 2.24) is 4.90 Å². The van der Waals surface area contributed by atoms with Crippen molar-refractivity contribution in [2.24, 2.45) is 5.92 Å². The molecule has 1 aliphatic carbocycles. The Bertz CT molecular complexity index is 1310. The van der Waals surface area contributed by atoms with E-state index < -0.39 is 11.2 Å². The van der Waals surface area contributed by atoms with Gasteiger partial charge < -0.3 is 19.2 Å². The number of fused-ring (bicyclic) bond motifs is 2. The molecule has 1 aliphatic heterocycles. The van der Waals surface area contributed by atoms with Crippen molar-refractivity contribution in [3.05, 3.63) is 75.1 Å². The highest BCUT2D eigenvalue weighted by atomic mass is 16.5.